The number of carbonyl (C=O) groups excluding carboxylic acids is 2. The molecule has 0 saturated heterocycles. The number of aromatic nitrogens is 1. The van der Waals surface area contributed by atoms with Crippen LogP contribution in [0.25, 0.3) is 6.08 Å². The molecular formula is C28H37NO4. The van der Waals surface area contributed by atoms with Gasteiger partial charge in [-0.3, -0.25) is 9.78 Å². The summed E-state index contributed by atoms with van der Waals surface area (Å²) in [6.07, 6.45) is 15.0. The minimum Gasteiger partial charge on any atom is -0.462 e. The molecule has 5 heteroatoms. The summed E-state index contributed by atoms with van der Waals surface area (Å²) < 4.78 is 11.6. The lowest BCUT2D eigenvalue weighted by atomic mass is 9.64. The second kappa shape index (κ2) is 12.0. The summed E-state index contributed by atoms with van der Waals surface area (Å²) in [4.78, 5) is 28.5. The van der Waals surface area contributed by atoms with Crippen molar-refractivity contribution < 1.29 is 19.1 Å². The molecule has 1 heterocycles. The first-order valence-electron chi connectivity index (χ1n) is 12.1. The molecule has 0 spiro atoms. The van der Waals surface area contributed by atoms with Gasteiger partial charge in [-0.05, 0) is 68.1 Å². The highest BCUT2D eigenvalue weighted by molar-refractivity contribution is 5.86. The summed E-state index contributed by atoms with van der Waals surface area (Å²) in [6.45, 7) is 8.22. The SMILES string of the molecule is CC(=O)OC1C/C=C\CC(OC(=O)/C=C/c2ccccn2)CC2C(C)=CCC(C(C)C)C2C1. The van der Waals surface area contributed by atoms with Crippen LogP contribution in [0.1, 0.15) is 65.5 Å². The molecule has 178 valence electrons. The van der Waals surface area contributed by atoms with Gasteiger partial charge in [-0.25, -0.2) is 4.79 Å². The second-order valence-electron chi connectivity index (χ2n) is 9.65. The van der Waals surface area contributed by atoms with Gasteiger partial charge in [0.05, 0.1) is 5.69 Å². The van der Waals surface area contributed by atoms with E-state index in [4.69, 9.17) is 9.47 Å². The van der Waals surface area contributed by atoms with Crippen LogP contribution in [0.5, 0.6) is 0 Å². The van der Waals surface area contributed by atoms with E-state index in [2.05, 4.69) is 44.0 Å². The Labute approximate surface area is 198 Å². The second-order valence-corrected chi connectivity index (χ2v) is 9.65. The topological polar surface area (TPSA) is 65.5 Å². The van der Waals surface area contributed by atoms with Gasteiger partial charge in [0.1, 0.15) is 12.2 Å². The van der Waals surface area contributed by atoms with Crippen molar-refractivity contribution in [1.29, 1.82) is 0 Å². The third-order valence-electron chi connectivity index (χ3n) is 6.93. The molecule has 5 unspecified atom stereocenters. The van der Waals surface area contributed by atoms with Gasteiger partial charge < -0.3 is 9.47 Å². The first kappa shape index (κ1) is 24.9. The number of fused-ring (bicyclic) bond motifs is 1. The molecule has 5 nitrogen and oxygen atoms in total. The van der Waals surface area contributed by atoms with Crippen LogP contribution in [0.4, 0.5) is 0 Å². The van der Waals surface area contributed by atoms with Gasteiger partial charge in [-0.15, -0.1) is 0 Å². The van der Waals surface area contributed by atoms with E-state index < -0.39 is 0 Å². The van der Waals surface area contributed by atoms with E-state index >= 15 is 0 Å². The van der Waals surface area contributed by atoms with Crippen LogP contribution in [-0.2, 0) is 19.1 Å². The lowest BCUT2D eigenvalue weighted by molar-refractivity contribution is -0.148. The van der Waals surface area contributed by atoms with E-state index in [0.717, 1.165) is 25.0 Å². The minimum atomic E-state index is -0.344. The lowest BCUT2D eigenvalue weighted by Gasteiger charge is -2.42. The first-order valence-corrected chi connectivity index (χ1v) is 12.1. The van der Waals surface area contributed by atoms with E-state index in [-0.39, 0.29) is 24.1 Å². The zero-order valence-electron chi connectivity index (χ0n) is 20.3. The molecule has 0 fully saturated rings. The van der Waals surface area contributed by atoms with Crippen LogP contribution in [0.3, 0.4) is 0 Å². The normalized spacial score (nSPS) is 29.1. The molecule has 33 heavy (non-hydrogen) atoms. The van der Waals surface area contributed by atoms with E-state index in [1.165, 1.54) is 18.6 Å². The summed E-state index contributed by atoms with van der Waals surface area (Å²) in [5, 5.41) is 0. The Morgan fingerprint density at radius 2 is 1.79 bits per heavy atom. The fourth-order valence-electron chi connectivity index (χ4n) is 5.28. The predicted molar refractivity (Wildman–Crippen MR) is 130 cm³/mol. The number of ether oxygens (including phenoxy) is 2. The smallest absolute Gasteiger partial charge is 0.331 e. The van der Waals surface area contributed by atoms with Gasteiger partial charge in [-0.2, -0.15) is 0 Å². The Morgan fingerprint density at radius 3 is 2.42 bits per heavy atom. The standard InChI is InChI=1S/C28H37NO4/c1-19(2)25-14-12-20(3)26-17-24(33-28(31)15-13-22-9-7-8-16-29-22)11-6-5-10-23(18-27(25)26)32-21(4)30/h5-9,12-13,15-16,19,23-27H,10-11,14,17-18H2,1-4H3/b6-5-,15-13+. The van der Waals surface area contributed by atoms with Gasteiger partial charge in [0, 0.05) is 32.0 Å². The van der Waals surface area contributed by atoms with E-state index in [1.54, 1.807) is 12.3 Å². The molecule has 0 aliphatic heterocycles. The van der Waals surface area contributed by atoms with Crippen molar-refractivity contribution in [3.63, 3.8) is 0 Å². The summed E-state index contributed by atoms with van der Waals surface area (Å²) >= 11 is 0. The average molecular weight is 452 g/mol. The average Bonchev–Trinajstić information content (AvgIpc) is 2.77. The van der Waals surface area contributed by atoms with Gasteiger partial charge in [0.2, 0.25) is 0 Å². The lowest BCUT2D eigenvalue weighted by Crippen LogP contribution is -2.37. The van der Waals surface area contributed by atoms with Crippen LogP contribution >= 0.6 is 0 Å². The number of carbonyl (C=O) groups is 2. The fraction of sp³-hybridized carbons (Fsp3) is 0.536. The van der Waals surface area contributed by atoms with Gasteiger partial charge in [0.15, 0.2) is 0 Å². The van der Waals surface area contributed by atoms with E-state index in [0.29, 0.717) is 36.5 Å². The number of nitrogens with zero attached hydrogens (tertiary/aromatic N) is 1. The van der Waals surface area contributed by atoms with Crippen molar-refractivity contribution >= 4 is 18.0 Å². The molecule has 0 saturated carbocycles. The molecule has 1 aromatic rings. The molecule has 0 N–H and O–H groups in total. The van der Waals surface area contributed by atoms with Gasteiger partial charge in [-0.1, -0.05) is 43.7 Å². The zero-order valence-corrected chi connectivity index (χ0v) is 20.3. The van der Waals surface area contributed by atoms with Crippen LogP contribution in [0, 0.1) is 23.7 Å². The molecule has 1 aromatic heterocycles. The number of allylic oxidation sites excluding steroid dienone is 2. The quantitative estimate of drug-likeness (QED) is 0.316. The molecule has 3 rings (SSSR count). The van der Waals surface area contributed by atoms with Gasteiger partial charge in [0.25, 0.3) is 0 Å². The van der Waals surface area contributed by atoms with Crippen LogP contribution in [0.15, 0.2) is 54.3 Å². The van der Waals surface area contributed by atoms with E-state index in [9.17, 15) is 9.59 Å². The van der Waals surface area contributed by atoms with Crippen molar-refractivity contribution in [3.05, 3.63) is 60.0 Å². The van der Waals surface area contributed by atoms with Crippen LogP contribution in [0.2, 0.25) is 0 Å². The molecule has 2 aliphatic rings. The Kier molecular flexibility index (Phi) is 9.04. The number of rotatable bonds is 5. The largest absolute Gasteiger partial charge is 0.462 e. The third-order valence-corrected chi connectivity index (χ3v) is 6.93. The van der Waals surface area contributed by atoms with E-state index in [1.807, 2.05) is 18.2 Å². The highest BCUT2D eigenvalue weighted by Gasteiger charge is 2.38. The molecule has 2 aliphatic carbocycles. The monoisotopic (exact) mass is 451 g/mol. The maximum atomic E-state index is 12.6. The highest BCUT2D eigenvalue weighted by atomic mass is 16.5. The Hall–Kier alpha value is -2.69. The fourth-order valence-corrected chi connectivity index (χ4v) is 5.28. The van der Waals surface area contributed by atoms with Crippen molar-refractivity contribution in [2.24, 2.45) is 23.7 Å². The zero-order chi connectivity index (χ0) is 23.8. The maximum absolute atomic E-state index is 12.6. The Morgan fingerprint density at radius 1 is 1.06 bits per heavy atom. The number of esters is 2. The van der Waals surface area contributed by atoms with Crippen molar-refractivity contribution in [2.45, 2.75) is 72.0 Å². The minimum absolute atomic E-state index is 0.112. The predicted octanol–water partition coefficient (Wildman–Crippen LogP) is 5.92. The maximum Gasteiger partial charge on any atom is 0.331 e. The first-order chi connectivity index (χ1) is 15.8. The van der Waals surface area contributed by atoms with Crippen molar-refractivity contribution in [2.75, 3.05) is 0 Å². The highest BCUT2D eigenvalue weighted by Crippen LogP contribution is 2.44. The molecule has 0 amide bonds. The van der Waals surface area contributed by atoms with Crippen molar-refractivity contribution in [1.82, 2.24) is 4.98 Å². The number of hydrogen-bond acceptors (Lipinski definition) is 5. The van der Waals surface area contributed by atoms with Crippen LogP contribution in [-0.4, -0.2) is 29.1 Å². The van der Waals surface area contributed by atoms with Crippen molar-refractivity contribution in [3.8, 4) is 0 Å². The molecule has 0 aromatic carbocycles. The number of pyridine rings is 1. The summed E-state index contributed by atoms with van der Waals surface area (Å²) in [7, 11) is 0. The Balaban J connectivity index is 1.80. The summed E-state index contributed by atoms with van der Waals surface area (Å²) in [6, 6.07) is 5.58. The molecule has 0 bridgehead atoms. The molecule has 5 atom stereocenters. The summed E-state index contributed by atoms with van der Waals surface area (Å²) in [5.74, 6) is 1.16. The number of hydrogen-bond donors (Lipinski definition) is 0. The Bertz CT molecular complexity index is 886. The molecule has 0 radical (unpaired) electrons. The summed E-state index contributed by atoms with van der Waals surface area (Å²) in [5.41, 5.74) is 2.08. The third kappa shape index (κ3) is 7.41. The molecular weight excluding hydrogens is 414 g/mol. The van der Waals surface area contributed by atoms with Gasteiger partial charge >= 0.3 is 11.9 Å². The van der Waals surface area contributed by atoms with Crippen LogP contribution < -0.4 is 0 Å².